The zero-order valence-corrected chi connectivity index (χ0v) is 15.5. The van der Waals surface area contributed by atoms with Crippen LogP contribution in [0.4, 0.5) is 0 Å². The van der Waals surface area contributed by atoms with E-state index >= 15 is 0 Å². The summed E-state index contributed by atoms with van der Waals surface area (Å²) in [6.45, 7) is 4.88. The normalized spacial score (nSPS) is 20.4. The maximum atomic E-state index is 8.80. The number of rotatable bonds is 3. The van der Waals surface area contributed by atoms with Gasteiger partial charge in [-0.2, -0.15) is 5.26 Å². The number of nitriles is 1. The Morgan fingerprint density at radius 1 is 1.08 bits per heavy atom. The highest BCUT2D eigenvalue weighted by molar-refractivity contribution is 6.30. The summed E-state index contributed by atoms with van der Waals surface area (Å²) in [5.74, 6) is 1.84. The fourth-order valence-corrected chi connectivity index (χ4v) is 4.12. The van der Waals surface area contributed by atoms with Crippen LogP contribution in [0.1, 0.15) is 23.6 Å². The quantitative estimate of drug-likeness (QED) is 0.812. The van der Waals surface area contributed by atoms with Gasteiger partial charge in [0, 0.05) is 55.8 Å². The van der Waals surface area contributed by atoms with Crippen LogP contribution in [0.15, 0.2) is 42.5 Å². The molecule has 0 saturated carbocycles. The Hall–Kier alpha value is -2.06. The van der Waals surface area contributed by atoms with Crippen molar-refractivity contribution < 1.29 is 4.74 Å². The molecule has 2 aliphatic heterocycles. The molecule has 0 amide bonds. The molecule has 5 heteroatoms. The zero-order chi connectivity index (χ0) is 17.9. The third-order valence-electron chi connectivity index (χ3n) is 5.32. The lowest BCUT2D eigenvalue weighted by Gasteiger charge is -2.39. The maximum absolute atomic E-state index is 8.80. The number of benzene rings is 2. The average Bonchev–Trinajstić information content (AvgIpc) is 2.83. The lowest BCUT2D eigenvalue weighted by molar-refractivity contribution is 0.0968. The molecule has 1 atom stereocenters. The molecule has 134 valence electrons. The largest absolute Gasteiger partial charge is 0.457 e. The molecule has 26 heavy (non-hydrogen) atoms. The number of piperazine rings is 1. The number of fused-ring (bicyclic) bond motifs is 2. The summed E-state index contributed by atoms with van der Waals surface area (Å²) in [6, 6.07) is 16.7. The van der Waals surface area contributed by atoms with Gasteiger partial charge in [-0.05, 0) is 36.2 Å². The fourth-order valence-electron chi connectivity index (χ4n) is 3.93. The Morgan fingerprint density at radius 2 is 1.88 bits per heavy atom. The second kappa shape index (κ2) is 7.67. The third-order valence-corrected chi connectivity index (χ3v) is 5.56. The molecule has 1 unspecified atom stereocenters. The van der Waals surface area contributed by atoms with Crippen LogP contribution in [0.25, 0.3) is 0 Å². The second-order valence-corrected chi connectivity index (χ2v) is 7.33. The van der Waals surface area contributed by atoms with Crippen molar-refractivity contribution in [3.8, 4) is 17.6 Å². The number of ether oxygens (including phenoxy) is 1. The smallest absolute Gasteiger partial charge is 0.132 e. The van der Waals surface area contributed by atoms with Crippen molar-refractivity contribution in [3.05, 3.63) is 58.6 Å². The minimum absolute atomic E-state index is 0.282. The van der Waals surface area contributed by atoms with Gasteiger partial charge in [0.25, 0.3) is 0 Å². The van der Waals surface area contributed by atoms with Crippen molar-refractivity contribution >= 4 is 11.6 Å². The van der Waals surface area contributed by atoms with Crippen LogP contribution in [0.5, 0.6) is 11.5 Å². The Kier molecular flexibility index (Phi) is 5.12. The predicted octanol–water partition coefficient (Wildman–Crippen LogP) is 4.26. The molecule has 0 bridgehead atoms. The SMILES string of the molecule is N#CCCN1CCN(C2Cc3cc(Cl)ccc3Oc3ccccc32)CC1. The van der Waals surface area contributed by atoms with Gasteiger partial charge in [-0.3, -0.25) is 9.80 Å². The molecule has 1 fully saturated rings. The van der Waals surface area contributed by atoms with Crippen LogP contribution in [-0.2, 0) is 6.42 Å². The summed E-state index contributed by atoms with van der Waals surface area (Å²) in [5.41, 5.74) is 2.40. The Morgan fingerprint density at radius 3 is 2.69 bits per heavy atom. The van der Waals surface area contributed by atoms with Gasteiger partial charge in [0.15, 0.2) is 0 Å². The van der Waals surface area contributed by atoms with Crippen molar-refractivity contribution in [2.45, 2.75) is 18.9 Å². The summed E-state index contributed by atoms with van der Waals surface area (Å²) < 4.78 is 6.22. The number of para-hydroxylation sites is 1. The van der Waals surface area contributed by atoms with Gasteiger partial charge < -0.3 is 4.74 Å². The second-order valence-electron chi connectivity index (χ2n) is 6.90. The van der Waals surface area contributed by atoms with E-state index in [1.165, 1.54) is 5.56 Å². The summed E-state index contributed by atoms with van der Waals surface area (Å²) >= 11 is 6.24. The fraction of sp³-hybridized carbons (Fsp3) is 0.381. The highest BCUT2D eigenvalue weighted by Crippen LogP contribution is 2.41. The van der Waals surface area contributed by atoms with Gasteiger partial charge in [-0.15, -0.1) is 0 Å². The molecule has 0 aliphatic carbocycles. The first-order chi connectivity index (χ1) is 12.7. The Balaban J connectivity index is 1.60. The highest BCUT2D eigenvalue weighted by atomic mass is 35.5. The van der Waals surface area contributed by atoms with E-state index in [1.54, 1.807) is 0 Å². The molecule has 2 aromatic rings. The summed E-state index contributed by atoms with van der Waals surface area (Å²) in [6.07, 6.45) is 1.50. The van der Waals surface area contributed by atoms with Crippen LogP contribution < -0.4 is 4.74 Å². The first-order valence-corrected chi connectivity index (χ1v) is 9.51. The molecule has 0 N–H and O–H groups in total. The van der Waals surface area contributed by atoms with E-state index < -0.39 is 0 Å². The topological polar surface area (TPSA) is 39.5 Å². The van der Waals surface area contributed by atoms with Gasteiger partial charge >= 0.3 is 0 Å². The van der Waals surface area contributed by atoms with Crippen molar-refractivity contribution in [2.24, 2.45) is 0 Å². The molecule has 2 aromatic carbocycles. The molecule has 1 saturated heterocycles. The summed E-state index contributed by atoms with van der Waals surface area (Å²) in [4.78, 5) is 4.92. The first-order valence-electron chi connectivity index (χ1n) is 9.13. The standard InChI is InChI=1S/C21H22ClN3O/c22-17-6-7-20-16(14-17)15-19(18-4-1-2-5-21(18)26-20)25-12-10-24(11-13-25)9-3-8-23/h1-2,4-7,14,19H,3,9-13,15H2. The van der Waals surface area contributed by atoms with E-state index in [-0.39, 0.29) is 6.04 Å². The minimum Gasteiger partial charge on any atom is -0.457 e. The molecule has 0 radical (unpaired) electrons. The number of hydrogen-bond donors (Lipinski definition) is 0. The molecule has 2 aliphatic rings. The summed E-state index contributed by atoms with van der Waals surface area (Å²) in [5, 5.41) is 9.55. The van der Waals surface area contributed by atoms with Crippen LogP contribution in [0.2, 0.25) is 5.02 Å². The molecule has 4 nitrogen and oxygen atoms in total. The van der Waals surface area contributed by atoms with Crippen molar-refractivity contribution in [1.82, 2.24) is 9.80 Å². The van der Waals surface area contributed by atoms with Crippen LogP contribution >= 0.6 is 11.6 Å². The average molecular weight is 368 g/mol. The minimum atomic E-state index is 0.282. The van der Waals surface area contributed by atoms with Gasteiger partial charge in [0.1, 0.15) is 11.5 Å². The van der Waals surface area contributed by atoms with E-state index in [0.717, 1.165) is 61.2 Å². The van der Waals surface area contributed by atoms with Crippen LogP contribution in [0.3, 0.4) is 0 Å². The molecule has 2 heterocycles. The van der Waals surface area contributed by atoms with E-state index in [0.29, 0.717) is 6.42 Å². The first kappa shape index (κ1) is 17.4. The van der Waals surface area contributed by atoms with E-state index in [4.69, 9.17) is 21.6 Å². The Labute approximate surface area is 159 Å². The predicted molar refractivity (Wildman–Crippen MR) is 103 cm³/mol. The van der Waals surface area contributed by atoms with E-state index in [9.17, 15) is 0 Å². The van der Waals surface area contributed by atoms with Crippen molar-refractivity contribution in [1.29, 1.82) is 5.26 Å². The third kappa shape index (κ3) is 3.57. The molecule has 0 spiro atoms. The molecule has 4 rings (SSSR count). The van der Waals surface area contributed by atoms with E-state index in [1.807, 2.05) is 24.3 Å². The number of hydrogen-bond acceptors (Lipinski definition) is 4. The van der Waals surface area contributed by atoms with Crippen molar-refractivity contribution in [2.75, 3.05) is 32.7 Å². The molecular weight excluding hydrogens is 346 g/mol. The van der Waals surface area contributed by atoms with Crippen LogP contribution in [0, 0.1) is 11.3 Å². The van der Waals surface area contributed by atoms with Gasteiger partial charge in [0.05, 0.1) is 6.07 Å². The number of halogens is 1. The van der Waals surface area contributed by atoms with Gasteiger partial charge in [-0.25, -0.2) is 0 Å². The zero-order valence-electron chi connectivity index (χ0n) is 14.7. The monoisotopic (exact) mass is 367 g/mol. The van der Waals surface area contributed by atoms with E-state index in [2.05, 4.69) is 34.1 Å². The molecule has 0 aromatic heterocycles. The van der Waals surface area contributed by atoms with Gasteiger partial charge in [0.2, 0.25) is 0 Å². The Bertz CT molecular complexity index is 824. The number of nitrogens with zero attached hydrogens (tertiary/aromatic N) is 3. The van der Waals surface area contributed by atoms with Crippen LogP contribution in [-0.4, -0.2) is 42.5 Å². The van der Waals surface area contributed by atoms with Gasteiger partial charge in [-0.1, -0.05) is 29.8 Å². The lowest BCUT2D eigenvalue weighted by Crippen LogP contribution is -2.48. The molecular formula is C21H22ClN3O. The highest BCUT2D eigenvalue weighted by Gasteiger charge is 2.30. The summed E-state index contributed by atoms with van der Waals surface area (Å²) in [7, 11) is 0. The maximum Gasteiger partial charge on any atom is 0.132 e. The van der Waals surface area contributed by atoms with Crippen molar-refractivity contribution in [3.63, 3.8) is 0 Å². The lowest BCUT2D eigenvalue weighted by atomic mass is 9.96.